The Balaban J connectivity index is 1.85. The van der Waals surface area contributed by atoms with Crippen LogP contribution in [0.15, 0.2) is 28.7 Å². The molecule has 5 nitrogen and oxygen atoms in total. The van der Waals surface area contributed by atoms with Crippen LogP contribution in [0.3, 0.4) is 0 Å². The molecule has 0 radical (unpaired) electrons. The number of piperidine rings is 1. The van der Waals surface area contributed by atoms with Crippen molar-refractivity contribution in [1.29, 1.82) is 0 Å². The van der Waals surface area contributed by atoms with E-state index in [1.807, 2.05) is 29.2 Å². The monoisotopic (exact) mass is 339 g/mol. The molecule has 0 spiro atoms. The number of nitrogens with zero attached hydrogens (tertiary/aromatic N) is 1. The van der Waals surface area contributed by atoms with Crippen molar-refractivity contribution in [3.63, 3.8) is 0 Å². The quantitative estimate of drug-likeness (QED) is 0.874. The van der Waals surface area contributed by atoms with Gasteiger partial charge >= 0.3 is 0 Å². The van der Waals surface area contributed by atoms with Crippen molar-refractivity contribution in [1.82, 2.24) is 4.90 Å². The van der Waals surface area contributed by atoms with Crippen LogP contribution in [0.25, 0.3) is 0 Å². The number of anilines is 1. The smallest absolute Gasteiger partial charge is 0.238 e. The Kier molecular flexibility index (Phi) is 5.14. The molecule has 1 heterocycles. The summed E-state index contributed by atoms with van der Waals surface area (Å²) in [6, 6.07) is 7.42. The number of amides is 2. The third kappa shape index (κ3) is 4.31. The van der Waals surface area contributed by atoms with Crippen molar-refractivity contribution >= 4 is 33.4 Å². The fourth-order valence-electron chi connectivity index (χ4n) is 2.37. The number of benzene rings is 1. The molecule has 1 fully saturated rings. The molecule has 1 aliphatic rings. The van der Waals surface area contributed by atoms with Crippen LogP contribution >= 0.6 is 15.9 Å². The summed E-state index contributed by atoms with van der Waals surface area (Å²) >= 11 is 3.35. The van der Waals surface area contributed by atoms with E-state index in [4.69, 9.17) is 5.73 Å². The van der Waals surface area contributed by atoms with Gasteiger partial charge in [0, 0.05) is 16.7 Å². The van der Waals surface area contributed by atoms with Gasteiger partial charge in [0.2, 0.25) is 11.8 Å². The summed E-state index contributed by atoms with van der Waals surface area (Å²) in [6.45, 7) is 1.69. The molecule has 0 aliphatic carbocycles. The van der Waals surface area contributed by atoms with Gasteiger partial charge in [0.05, 0.1) is 12.5 Å². The topological polar surface area (TPSA) is 75.4 Å². The van der Waals surface area contributed by atoms with Gasteiger partial charge in [-0.1, -0.05) is 15.9 Å². The fraction of sp³-hybridized carbons (Fsp3) is 0.429. The van der Waals surface area contributed by atoms with Crippen molar-refractivity contribution in [2.24, 2.45) is 11.7 Å². The molecule has 1 aromatic carbocycles. The van der Waals surface area contributed by atoms with Crippen LogP contribution in [0.1, 0.15) is 12.8 Å². The molecule has 1 aromatic rings. The predicted octanol–water partition coefficient (Wildman–Crippen LogP) is 1.58. The Hall–Kier alpha value is -1.40. The molecule has 6 heteroatoms. The van der Waals surface area contributed by atoms with Gasteiger partial charge in [0.25, 0.3) is 0 Å². The molecule has 20 heavy (non-hydrogen) atoms. The Morgan fingerprint density at radius 3 is 2.70 bits per heavy atom. The fourth-order valence-corrected chi connectivity index (χ4v) is 2.63. The minimum absolute atomic E-state index is 0.0718. The normalized spacial score (nSPS) is 19.6. The molecule has 0 aromatic heterocycles. The molecule has 1 saturated heterocycles. The average molecular weight is 340 g/mol. The Morgan fingerprint density at radius 1 is 1.35 bits per heavy atom. The molecule has 1 atom stereocenters. The van der Waals surface area contributed by atoms with Crippen molar-refractivity contribution in [3.05, 3.63) is 28.7 Å². The lowest BCUT2D eigenvalue weighted by molar-refractivity contribution is -0.125. The molecule has 1 aliphatic heterocycles. The van der Waals surface area contributed by atoms with E-state index in [0.29, 0.717) is 13.1 Å². The first kappa shape index (κ1) is 15.0. The third-order valence-corrected chi connectivity index (χ3v) is 3.93. The standard InChI is InChI=1S/C14H18BrN3O2/c15-11-3-5-12(6-4-11)17-13(19)9-18-7-1-2-10(8-18)14(16)20/h3-6,10H,1-2,7-9H2,(H2,16,20)(H,17,19)/t10-/m1/s1. The van der Waals surface area contributed by atoms with Crippen molar-refractivity contribution in [3.8, 4) is 0 Å². The Labute approximate surface area is 126 Å². The largest absolute Gasteiger partial charge is 0.369 e. The number of carbonyl (C=O) groups is 2. The first-order valence-electron chi connectivity index (χ1n) is 6.61. The summed E-state index contributed by atoms with van der Waals surface area (Å²) in [5.41, 5.74) is 6.09. The second-order valence-electron chi connectivity index (χ2n) is 5.03. The van der Waals surface area contributed by atoms with Crippen molar-refractivity contribution in [2.45, 2.75) is 12.8 Å². The zero-order valence-electron chi connectivity index (χ0n) is 11.1. The maximum atomic E-state index is 12.0. The van der Waals surface area contributed by atoms with Crippen LogP contribution in [-0.4, -0.2) is 36.3 Å². The second-order valence-corrected chi connectivity index (χ2v) is 5.95. The Morgan fingerprint density at radius 2 is 2.05 bits per heavy atom. The van der Waals surface area contributed by atoms with E-state index < -0.39 is 0 Å². The number of hydrogen-bond donors (Lipinski definition) is 2. The van der Waals surface area contributed by atoms with E-state index in [1.54, 1.807) is 0 Å². The van der Waals surface area contributed by atoms with Crippen LogP contribution < -0.4 is 11.1 Å². The SMILES string of the molecule is NC(=O)[C@@H]1CCCN(CC(=O)Nc2ccc(Br)cc2)C1. The first-order chi connectivity index (χ1) is 9.54. The summed E-state index contributed by atoms with van der Waals surface area (Å²) < 4.78 is 0.968. The van der Waals surface area contributed by atoms with E-state index in [-0.39, 0.29) is 17.7 Å². The van der Waals surface area contributed by atoms with Crippen LogP contribution in [0.4, 0.5) is 5.69 Å². The molecule has 2 rings (SSSR count). The summed E-state index contributed by atoms with van der Waals surface area (Å²) in [6.07, 6.45) is 1.72. The van der Waals surface area contributed by atoms with E-state index in [0.717, 1.165) is 29.5 Å². The number of hydrogen-bond acceptors (Lipinski definition) is 3. The number of nitrogens with two attached hydrogens (primary N) is 1. The van der Waals surface area contributed by atoms with E-state index in [2.05, 4.69) is 21.2 Å². The highest BCUT2D eigenvalue weighted by Gasteiger charge is 2.24. The van der Waals surface area contributed by atoms with Gasteiger partial charge in [-0.05, 0) is 43.7 Å². The summed E-state index contributed by atoms with van der Waals surface area (Å²) in [7, 11) is 0. The van der Waals surface area contributed by atoms with E-state index >= 15 is 0 Å². The first-order valence-corrected chi connectivity index (χ1v) is 7.41. The predicted molar refractivity (Wildman–Crippen MR) is 81.1 cm³/mol. The molecular weight excluding hydrogens is 322 g/mol. The molecule has 0 saturated carbocycles. The third-order valence-electron chi connectivity index (χ3n) is 3.40. The van der Waals surface area contributed by atoms with Gasteiger partial charge in [-0.15, -0.1) is 0 Å². The van der Waals surface area contributed by atoms with E-state index in [1.165, 1.54) is 0 Å². The summed E-state index contributed by atoms with van der Waals surface area (Å²) in [4.78, 5) is 25.1. The van der Waals surface area contributed by atoms with Gasteiger partial charge in [-0.3, -0.25) is 14.5 Å². The number of rotatable bonds is 4. The lowest BCUT2D eigenvalue weighted by atomic mass is 9.97. The van der Waals surface area contributed by atoms with E-state index in [9.17, 15) is 9.59 Å². The minimum Gasteiger partial charge on any atom is -0.369 e. The van der Waals surface area contributed by atoms with Crippen molar-refractivity contribution in [2.75, 3.05) is 25.0 Å². The highest BCUT2D eigenvalue weighted by Crippen LogP contribution is 2.17. The lowest BCUT2D eigenvalue weighted by Gasteiger charge is -2.30. The number of halogens is 1. The maximum absolute atomic E-state index is 12.0. The molecule has 108 valence electrons. The zero-order valence-corrected chi connectivity index (χ0v) is 12.7. The molecule has 2 amide bonds. The maximum Gasteiger partial charge on any atom is 0.238 e. The molecule has 0 unspecified atom stereocenters. The van der Waals surface area contributed by atoms with Gasteiger partial charge in [0.15, 0.2) is 0 Å². The van der Waals surface area contributed by atoms with Crippen LogP contribution in [0, 0.1) is 5.92 Å². The van der Waals surface area contributed by atoms with Gasteiger partial charge < -0.3 is 11.1 Å². The number of likely N-dealkylation sites (tertiary alicyclic amines) is 1. The summed E-state index contributed by atoms with van der Waals surface area (Å²) in [5, 5.41) is 2.84. The average Bonchev–Trinajstić information content (AvgIpc) is 2.41. The Bertz CT molecular complexity index is 490. The van der Waals surface area contributed by atoms with Crippen LogP contribution in [0.5, 0.6) is 0 Å². The molecule has 0 bridgehead atoms. The van der Waals surface area contributed by atoms with Crippen LogP contribution in [-0.2, 0) is 9.59 Å². The molecule has 3 N–H and O–H groups in total. The number of nitrogens with one attached hydrogen (secondary N) is 1. The highest BCUT2D eigenvalue weighted by atomic mass is 79.9. The molecular formula is C14H18BrN3O2. The van der Waals surface area contributed by atoms with Gasteiger partial charge in [-0.25, -0.2) is 0 Å². The zero-order chi connectivity index (χ0) is 14.5. The van der Waals surface area contributed by atoms with Gasteiger partial charge in [-0.2, -0.15) is 0 Å². The number of primary amides is 1. The van der Waals surface area contributed by atoms with Crippen molar-refractivity contribution < 1.29 is 9.59 Å². The lowest BCUT2D eigenvalue weighted by Crippen LogP contribution is -2.44. The van der Waals surface area contributed by atoms with Gasteiger partial charge in [0.1, 0.15) is 0 Å². The highest BCUT2D eigenvalue weighted by molar-refractivity contribution is 9.10. The van der Waals surface area contributed by atoms with Crippen LogP contribution in [0.2, 0.25) is 0 Å². The second kappa shape index (κ2) is 6.85. The summed E-state index contributed by atoms with van der Waals surface area (Å²) in [5.74, 6) is -0.482. The number of carbonyl (C=O) groups excluding carboxylic acids is 2. The minimum atomic E-state index is -0.275.